The summed E-state index contributed by atoms with van der Waals surface area (Å²) in [5.41, 5.74) is 7.86. The van der Waals surface area contributed by atoms with E-state index in [-0.39, 0.29) is 5.88 Å². The molecule has 1 saturated heterocycles. The van der Waals surface area contributed by atoms with Crippen LogP contribution < -0.4 is 15.5 Å². The molecule has 0 spiro atoms. The summed E-state index contributed by atoms with van der Waals surface area (Å²) in [6.45, 7) is 2.06. The van der Waals surface area contributed by atoms with E-state index in [2.05, 4.69) is 67.1 Å². The molecule has 0 unspecified atom stereocenters. The number of nitrogens with one attached hydrogen (secondary N) is 3. The average molecular weight is 669 g/mol. The molecule has 3 aromatic rings. The summed E-state index contributed by atoms with van der Waals surface area (Å²) in [4.78, 5) is 23.2. The van der Waals surface area contributed by atoms with Crippen LogP contribution in [0.15, 0.2) is 103 Å². The Morgan fingerprint density at radius 2 is 1.70 bits per heavy atom. The van der Waals surface area contributed by atoms with Gasteiger partial charge in [0.1, 0.15) is 6.34 Å². The van der Waals surface area contributed by atoms with Crippen molar-refractivity contribution in [2.75, 3.05) is 28.6 Å². The Balaban J connectivity index is 1.19. The number of nitrogens with zero attached hydrogens (tertiary/aromatic N) is 7. The van der Waals surface area contributed by atoms with Crippen LogP contribution in [0.3, 0.4) is 0 Å². The zero-order valence-corrected chi connectivity index (χ0v) is 27.8. The topological polar surface area (TPSA) is 150 Å². The summed E-state index contributed by atoms with van der Waals surface area (Å²) in [5.74, 6) is 1.82. The van der Waals surface area contributed by atoms with Crippen LogP contribution in [0.5, 0.6) is 0 Å². The summed E-state index contributed by atoms with van der Waals surface area (Å²) in [5, 5.41) is 28.6. The minimum absolute atomic E-state index is 0.110. The lowest BCUT2D eigenvalue weighted by Crippen LogP contribution is -2.40. The van der Waals surface area contributed by atoms with Crippen molar-refractivity contribution in [1.82, 2.24) is 10.1 Å². The van der Waals surface area contributed by atoms with Gasteiger partial charge in [-0.25, -0.2) is 24.9 Å². The summed E-state index contributed by atoms with van der Waals surface area (Å²) in [6.07, 6.45) is 20.4. The second kappa shape index (κ2) is 14.0. The largest absolute Gasteiger partial charge is 0.495 e. The maximum absolute atomic E-state index is 10.6. The van der Waals surface area contributed by atoms with E-state index in [1.165, 1.54) is 62.9 Å². The Morgan fingerprint density at radius 1 is 0.880 bits per heavy atom. The number of aliphatic imine (C=N–C) groups is 4. The molecular formula is C38H40N10O2. The van der Waals surface area contributed by atoms with Crippen molar-refractivity contribution in [3.63, 3.8) is 0 Å². The summed E-state index contributed by atoms with van der Waals surface area (Å²) in [7, 11) is 0. The number of benzene rings is 2. The molecule has 254 valence electrons. The average Bonchev–Trinajstić information content (AvgIpc) is 3.50. The molecule has 0 amide bonds. The van der Waals surface area contributed by atoms with E-state index in [4.69, 9.17) is 19.9 Å². The van der Waals surface area contributed by atoms with Crippen LogP contribution in [-0.2, 0) is 0 Å². The third-order valence-electron chi connectivity index (χ3n) is 9.86. The van der Waals surface area contributed by atoms with Crippen LogP contribution in [0.1, 0.15) is 80.4 Å². The predicted octanol–water partition coefficient (Wildman–Crippen LogP) is 8.10. The lowest BCUT2D eigenvalue weighted by Gasteiger charge is -2.32. The molecule has 0 radical (unpaired) electrons. The molecule has 50 heavy (non-hydrogen) atoms. The first-order chi connectivity index (χ1) is 24.6. The zero-order valence-electron chi connectivity index (χ0n) is 27.8. The van der Waals surface area contributed by atoms with Gasteiger partial charge in [0.15, 0.2) is 5.88 Å². The molecule has 8 rings (SSSR count). The Bertz CT molecular complexity index is 1990. The molecule has 0 bridgehead atoms. The van der Waals surface area contributed by atoms with Gasteiger partial charge >= 0.3 is 0 Å². The first-order valence-corrected chi connectivity index (χ1v) is 17.5. The molecule has 2 aromatic carbocycles. The van der Waals surface area contributed by atoms with Gasteiger partial charge in [0, 0.05) is 48.3 Å². The highest BCUT2D eigenvalue weighted by molar-refractivity contribution is 6.24. The molecule has 0 atom stereocenters. The summed E-state index contributed by atoms with van der Waals surface area (Å²) < 4.78 is 5.44. The molecule has 5 heterocycles. The number of hydrogen-bond donors (Lipinski definition) is 4. The molecular weight excluding hydrogens is 628 g/mol. The van der Waals surface area contributed by atoms with Crippen molar-refractivity contribution in [3.05, 3.63) is 95.2 Å². The summed E-state index contributed by atoms with van der Waals surface area (Å²) in [6, 6.07) is 14.6. The van der Waals surface area contributed by atoms with Gasteiger partial charge in [0.05, 0.1) is 34.7 Å². The van der Waals surface area contributed by atoms with Crippen LogP contribution >= 0.6 is 0 Å². The minimum Gasteiger partial charge on any atom is -0.495 e. The maximum Gasteiger partial charge on any atom is 0.239 e. The number of aromatic nitrogens is 1. The van der Waals surface area contributed by atoms with Crippen LogP contribution in [0.25, 0.3) is 5.70 Å². The van der Waals surface area contributed by atoms with Crippen molar-refractivity contribution in [2.24, 2.45) is 20.0 Å². The normalized spacial score (nSPS) is 19.4. The van der Waals surface area contributed by atoms with Gasteiger partial charge in [-0.05, 0) is 80.0 Å². The highest BCUT2D eigenvalue weighted by Crippen LogP contribution is 2.38. The molecule has 4 aliphatic heterocycles. The molecule has 12 heteroatoms. The van der Waals surface area contributed by atoms with Gasteiger partial charge in [-0.3, -0.25) is 0 Å². The zero-order chi connectivity index (χ0) is 33.9. The molecule has 1 saturated carbocycles. The highest BCUT2D eigenvalue weighted by atomic mass is 16.5. The van der Waals surface area contributed by atoms with Crippen molar-refractivity contribution in [3.8, 4) is 0 Å². The van der Waals surface area contributed by atoms with Crippen LogP contribution in [0, 0.1) is 5.41 Å². The predicted molar refractivity (Wildman–Crippen MR) is 200 cm³/mol. The fraction of sp³-hybridized carbons (Fsp3) is 0.316. The monoisotopic (exact) mass is 668 g/mol. The van der Waals surface area contributed by atoms with E-state index in [9.17, 15) is 5.11 Å². The second-order valence-electron chi connectivity index (χ2n) is 13.1. The Labute approximate surface area is 290 Å². The third-order valence-corrected chi connectivity index (χ3v) is 9.86. The van der Waals surface area contributed by atoms with E-state index in [1.807, 2.05) is 17.1 Å². The SMILES string of the molecule is N=C/C=C(\O)Nc1cc(C2CCCCCC2)ccc1C1=NC2=NC=NC3=NC(c4ccc(N5CCCCC5)cc4Nc4ccno4)=CC(=C1)N23. The fourth-order valence-electron chi connectivity index (χ4n) is 7.37. The smallest absolute Gasteiger partial charge is 0.239 e. The van der Waals surface area contributed by atoms with Gasteiger partial charge in [0.25, 0.3) is 0 Å². The Hall–Kier alpha value is -5.78. The van der Waals surface area contributed by atoms with Crippen LogP contribution in [-0.4, -0.2) is 58.4 Å². The first-order valence-electron chi connectivity index (χ1n) is 17.5. The first kappa shape index (κ1) is 31.5. The van der Waals surface area contributed by atoms with Crippen LogP contribution in [0.4, 0.5) is 22.9 Å². The molecule has 4 N–H and O–H groups in total. The summed E-state index contributed by atoms with van der Waals surface area (Å²) >= 11 is 0. The van der Waals surface area contributed by atoms with E-state index in [1.54, 1.807) is 12.3 Å². The number of rotatable bonds is 9. The molecule has 2 fully saturated rings. The van der Waals surface area contributed by atoms with Gasteiger partial charge in [-0.1, -0.05) is 43.0 Å². The van der Waals surface area contributed by atoms with E-state index >= 15 is 0 Å². The van der Waals surface area contributed by atoms with Crippen molar-refractivity contribution in [2.45, 2.75) is 63.7 Å². The number of aliphatic hydroxyl groups excluding tert-OH is 1. The number of guanidine groups is 2. The second-order valence-corrected chi connectivity index (χ2v) is 13.1. The Morgan fingerprint density at radius 3 is 2.50 bits per heavy atom. The van der Waals surface area contributed by atoms with Crippen molar-refractivity contribution < 1.29 is 9.63 Å². The Kier molecular flexibility index (Phi) is 8.81. The van der Waals surface area contributed by atoms with Gasteiger partial charge in [0.2, 0.25) is 17.8 Å². The molecule has 12 nitrogen and oxygen atoms in total. The van der Waals surface area contributed by atoms with E-state index < -0.39 is 0 Å². The maximum atomic E-state index is 10.6. The van der Waals surface area contributed by atoms with Crippen molar-refractivity contribution >= 4 is 58.8 Å². The number of hydrogen-bond acceptors (Lipinski definition) is 12. The fourth-order valence-corrected chi connectivity index (χ4v) is 7.37. The van der Waals surface area contributed by atoms with Gasteiger partial charge in [-0.2, -0.15) is 0 Å². The van der Waals surface area contributed by atoms with E-state index in [0.29, 0.717) is 29.4 Å². The van der Waals surface area contributed by atoms with E-state index in [0.717, 1.165) is 71.7 Å². The highest BCUT2D eigenvalue weighted by Gasteiger charge is 2.32. The molecule has 5 aliphatic rings. The number of piperidine rings is 1. The lowest BCUT2D eigenvalue weighted by molar-refractivity contribution is 0.420. The standard InChI is InChI=1S/C38H40N10O2/c39-16-14-35(49)43-31-20-26(25-8-4-1-2-5-9-25)10-12-29(31)33-22-28-23-34(46-38-41-24-40-37(45-33)48(28)38)30-13-11-27(47-18-6-3-7-19-47)21-32(30)44-36-15-17-42-50-36/h10-17,20-25,39,43-44,49H,1-9,18-19H2/b35-14-,39-16?. The number of anilines is 4. The molecule has 1 aromatic heterocycles. The lowest BCUT2D eigenvalue weighted by atomic mass is 9.89. The van der Waals surface area contributed by atoms with Gasteiger partial charge in [-0.15, -0.1) is 0 Å². The quantitative estimate of drug-likeness (QED) is 0.102. The number of allylic oxidation sites excluding steroid dienone is 3. The third kappa shape index (κ3) is 6.48. The van der Waals surface area contributed by atoms with Crippen LogP contribution in [0.2, 0.25) is 0 Å². The minimum atomic E-state index is -0.110. The number of aliphatic hydroxyl groups is 1. The van der Waals surface area contributed by atoms with Gasteiger partial charge < -0.3 is 30.6 Å². The molecule has 1 aliphatic carbocycles. The van der Waals surface area contributed by atoms with Crippen molar-refractivity contribution in [1.29, 1.82) is 5.41 Å².